The van der Waals surface area contributed by atoms with Crippen molar-refractivity contribution >= 4 is 23.2 Å². The highest BCUT2D eigenvalue weighted by Gasteiger charge is 2.22. The SMILES string of the molecule is Fc1c(Cl)ccc(-n2cc(Cl)nn2)c1-c1ccc(C(CCOC(F)F)n2cc(-c3cnnn3C(F)F)cn2)nc1. The maximum absolute atomic E-state index is 15.2. The van der Waals surface area contributed by atoms with Crippen molar-refractivity contribution in [1.29, 1.82) is 0 Å². The van der Waals surface area contributed by atoms with Gasteiger partial charge in [0.2, 0.25) is 0 Å². The van der Waals surface area contributed by atoms with Crippen LogP contribution in [0.25, 0.3) is 28.1 Å². The van der Waals surface area contributed by atoms with Crippen molar-refractivity contribution in [3.8, 4) is 28.1 Å². The zero-order valence-corrected chi connectivity index (χ0v) is 21.4. The Kier molecular flexibility index (Phi) is 8.04. The van der Waals surface area contributed by atoms with E-state index >= 15 is 4.39 Å². The van der Waals surface area contributed by atoms with Crippen LogP contribution < -0.4 is 0 Å². The molecular weight excluding hydrogens is 584 g/mol. The Hall–Kier alpha value is -3.95. The molecule has 17 heteroatoms. The number of benzene rings is 1. The molecule has 0 N–H and O–H groups in total. The summed E-state index contributed by atoms with van der Waals surface area (Å²) in [6, 6.07) is 5.24. The molecule has 0 spiro atoms. The molecule has 208 valence electrons. The molecule has 0 aliphatic rings. The molecule has 0 aliphatic carbocycles. The Morgan fingerprint density at radius 2 is 1.75 bits per heavy atom. The summed E-state index contributed by atoms with van der Waals surface area (Å²) in [6.07, 6.45) is 6.65. The van der Waals surface area contributed by atoms with Crippen LogP contribution in [0.4, 0.5) is 22.0 Å². The van der Waals surface area contributed by atoms with Crippen LogP contribution in [0.1, 0.15) is 24.7 Å². The molecule has 4 heterocycles. The number of nitrogens with zero attached hydrogens (tertiary/aromatic N) is 9. The minimum atomic E-state index is -3.00. The van der Waals surface area contributed by atoms with Gasteiger partial charge in [-0.3, -0.25) is 9.67 Å². The highest BCUT2D eigenvalue weighted by molar-refractivity contribution is 6.31. The fourth-order valence-corrected chi connectivity index (χ4v) is 4.32. The summed E-state index contributed by atoms with van der Waals surface area (Å²) in [4.78, 5) is 4.42. The highest BCUT2D eigenvalue weighted by atomic mass is 35.5. The van der Waals surface area contributed by atoms with E-state index in [0.717, 1.165) is 6.20 Å². The minimum absolute atomic E-state index is 0.00159. The van der Waals surface area contributed by atoms with E-state index in [1.807, 2.05) is 0 Å². The first-order valence-electron chi connectivity index (χ1n) is 11.4. The van der Waals surface area contributed by atoms with Crippen LogP contribution in [0.3, 0.4) is 0 Å². The van der Waals surface area contributed by atoms with Crippen LogP contribution in [0, 0.1) is 5.82 Å². The van der Waals surface area contributed by atoms with Gasteiger partial charge in [-0.25, -0.2) is 9.07 Å². The van der Waals surface area contributed by atoms with E-state index in [-0.39, 0.29) is 40.0 Å². The zero-order chi connectivity index (χ0) is 28.4. The lowest BCUT2D eigenvalue weighted by molar-refractivity contribution is -0.130. The molecular formula is C23H16Cl2F5N9O. The summed E-state index contributed by atoms with van der Waals surface area (Å²) in [5, 5.41) is 18.6. The van der Waals surface area contributed by atoms with E-state index in [9.17, 15) is 17.6 Å². The summed E-state index contributed by atoms with van der Waals surface area (Å²) < 4.78 is 74.6. The monoisotopic (exact) mass is 599 g/mol. The van der Waals surface area contributed by atoms with Crippen molar-refractivity contribution in [2.45, 2.75) is 25.6 Å². The van der Waals surface area contributed by atoms with Crippen LogP contribution in [-0.4, -0.2) is 58.0 Å². The molecule has 0 saturated carbocycles. The second-order valence-electron chi connectivity index (χ2n) is 8.20. The molecule has 10 nitrogen and oxygen atoms in total. The van der Waals surface area contributed by atoms with Gasteiger partial charge in [-0.05, 0) is 24.6 Å². The first-order chi connectivity index (χ1) is 19.2. The third kappa shape index (κ3) is 5.66. The molecule has 40 heavy (non-hydrogen) atoms. The van der Waals surface area contributed by atoms with Gasteiger partial charge < -0.3 is 4.74 Å². The van der Waals surface area contributed by atoms with E-state index in [0.29, 0.717) is 21.6 Å². The lowest BCUT2D eigenvalue weighted by Gasteiger charge is -2.18. The number of aromatic nitrogens is 9. The standard InChI is InChI=1S/C23H16Cl2F5N9O/c24-14-2-4-17(38-11-19(25)34-36-38)20(21(14)26)12-1-3-15(31-7-12)16(5-6-40-23(29)30)37-10-13(8-33-37)18-9-32-35-39(18)22(27)28/h1-4,7-11,16,22-23H,5-6H2. The number of pyridine rings is 1. The molecule has 4 aromatic heterocycles. The molecule has 1 atom stereocenters. The Bertz CT molecular complexity index is 1610. The average Bonchev–Trinajstić information content (AvgIpc) is 3.69. The van der Waals surface area contributed by atoms with Gasteiger partial charge in [0, 0.05) is 29.1 Å². The summed E-state index contributed by atoms with van der Waals surface area (Å²) in [6.45, 7) is -6.29. The first-order valence-corrected chi connectivity index (χ1v) is 12.1. The smallest absolute Gasteiger partial charge is 0.323 e. The second kappa shape index (κ2) is 11.7. The van der Waals surface area contributed by atoms with Crippen molar-refractivity contribution in [2.24, 2.45) is 0 Å². The summed E-state index contributed by atoms with van der Waals surface area (Å²) in [5.41, 5.74) is 1.30. The number of ether oxygens (including phenoxy) is 1. The number of hydrogen-bond acceptors (Lipinski definition) is 7. The van der Waals surface area contributed by atoms with Crippen molar-refractivity contribution in [3.63, 3.8) is 0 Å². The van der Waals surface area contributed by atoms with E-state index in [1.54, 1.807) is 12.1 Å². The number of hydrogen-bond donors (Lipinski definition) is 0. The van der Waals surface area contributed by atoms with E-state index < -0.39 is 25.0 Å². The van der Waals surface area contributed by atoms with Crippen LogP contribution in [0.2, 0.25) is 10.2 Å². The van der Waals surface area contributed by atoms with Gasteiger partial charge in [-0.15, -0.1) is 10.2 Å². The highest BCUT2D eigenvalue weighted by Crippen LogP contribution is 2.34. The van der Waals surface area contributed by atoms with E-state index in [2.05, 4.69) is 35.4 Å². The molecule has 0 amide bonds. The quantitative estimate of drug-likeness (QED) is 0.186. The van der Waals surface area contributed by atoms with Crippen LogP contribution in [-0.2, 0) is 4.74 Å². The third-order valence-corrected chi connectivity index (χ3v) is 6.28. The molecule has 5 rings (SSSR count). The number of rotatable bonds is 10. The molecule has 1 unspecified atom stereocenters. The summed E-state index contributed by atoms with van der Waals surface area (Å²) in [5.74, 6) is -0.733. The predicted octanol–water partition coefficient (Wildman–Crippen LogP) is 5.84. The van der Waals surface area contributed by atoms with Crippen LogP contribution in [0.5, 0.6) is 0 Å². The maximum atomic E-state index is 15.2. The maximum Gasteiger partial charge on any atom is 0.345 e. The predicted molar refractivity (Wildman–Crippen MR) is 132 cm³/mol. The van der Waals surface area contributed by atoms with Gasteiger partial charge in [-0.2, -0.15) is 27.3 Å². The van der Waals surface area contributed by atoms with Gasteiger partial charge in [0.05, 0.1) is 53.3 Å². The van der Waals surface area contributed by atoms with E-state index in [1.165, 1.54) is 46.3 Å². The zero-order valence-electron chi connectivity index (χ0n) is 19.9. The van der Waals surface area contributed by atoms with Crippen molar-refractivity contribution in [2.75, 3.05) is 6.61 Å². The van der Waals surface area contributed by atoms with Gasteiger partial charge in [0.1, 0.15) is 0 Å². The van der Waals surface area contributed by atoms with Crippen LogP contribution >= 0.6 is 23.2 Å². The van der Waals surface area contributed by atoms with Crippen molar-refractivity contribution < 1.29 is 26.7 Å². The summed E-state index contributed by atoms with van der Waals surface area (Å²) >= 11 is 11.9. The molecule has 0 fully saturated rings. The third-order valence-electron chi connectivity index (χ3n) is 5.81. The topological polar surface area (TPSA) is 101 Å². The van der Waals surface area contributed by atoms with Gasteiger partial charge in [0.25, 0.3) is 0 Å². The Morgan fingerprint density at radius 3 is 2.42 bits per heavy atom. The van der Waals surface area contributed by atoms with E-state index in [4.69, 9.17) is 23.2 Å². The molecule has 0 saturated heterocycles. The van der Waals surface area contributed by atoms with Gasteiger partial charge in [0.15, 0.2) is 11.0 Å². The lowest BCUT2D eigenvalue weighted by atomic mass is 10.0. The number of alkyl halides is 4. The first kappa shape index (κ1) is 27.6. The molecule has 0 radical (unpaired) electrons. The summed E-state index contributed by atoms with van der Waals surface area (Å²) in [7, 11) is 0. The largest absolute Gasteiger partial charge is 0.345 e. The lowest BCUT2D eigenvalue weighted by Crippen LogP contribution is -2.16. The Morgan fingerprint density at radius 1 is 0.925 bits per heavy atom. The second-order valence-corrected chi connectivity index (χ2v) is 8.99. The molecule has 0 aliphatic heterocycles. The van der Waals surface area contributed by atoms with Crippen LogP contribution in [0.15, 0.2) is 55.2 Å². The Balaban J connectivity index is 1.50. The van der Waals surface area contributed by atoms with Gasteiger partial charge in [-0.1, -0.05) is 39.7 Å². The fourth-order valence-electron chi connectivity index (χ4n) is 4.04. The molecule has 5 aromatic rings. The van der Waals surface area contributed by atoms with Gasteiger partial charge >= 0.3 is 13.2 Å². The van der Waals surface area contributed by atoms with Crippen molar-refractivity contribution in [3.05, 3.63) is 76.9 Å². The fraction of sp³-hybridized carbons (Fsp3) is 0.217. The average molecular weight is 600 g/mol. The minimum Gasteiger partial charge on any atom is -0.323 e. The molecule has 1 aromatic carbocycles. The normalized spacial score (nSPS) is 12.5. The number of halogens is 7. The Labute approximate surface area is 231 Å². The molecule has 0 bridgehead atoms. The van der Waals surface area contributed by atoms with Crippen molar-refractivity contribution in [1.82, 2.24) is 44.8 Å².